The molecule has 2 heterocycles. The molecular formula is C19H20ClN3OS. The van der Waals surface area contributed by atoms with Crippen molar-refractivity contribution in [2.75, 3.05) is 20.6 Å². The quantitative estimate of drug-likeness (QED) is 0.725. The molecule has 3 rings (SSSR count). The van der Waals surface area contributed by atoms with Gasteiger partial charge in [0.05, 0.1) is 22.8 Å². The molecule has 1 aromatic carbocycles. The number of amides is 1. The number of fused-ring (bicyclic) bond motifs is 1. The van der Waals surface area contributed by atoms with Crippen LogP contribution in [0.15, 0.2) is 41.1 Å². The summed E-state index contributed by atoms with van der Waals surface area (Å²) in [5.74, 6) is -0.117. The maximum absolute atomic E-state index is 12.7. The lowest BCUT2D eigenvalue weighted by Gasteiger charge is -2.24. The number of hydrogen-bond donors (Lipinski definition) is 1. The number of aromatic nitrogens is 1. The molecule has 3 aromatic rings. The van der Waals surface area contributed by atoms with Crippen molar-refractivity contribution in [3.8, 4) is 0 Å². The first-order chi connectivity index (χ1) is 12.0. The first-order valence-electron chi connectivity index (χ1n) is 7.99. The number of carbonyl (C=O) groups excluding carboxylic acids is 1. The van der Waals surface area contributed by atoms with E-state index in [1.807, 2.05) is 39.2 Å². The molecule has 0 fully saturated rings. The Hall–Kier alpha value is -1.95. The van der Waals surface area contributed by atoms with Gasteiger partial charge in [0.2, 0.25) is 0 Å². The molecule has 0 spiro atoms. The molecule has 0 aliphatic heterocycles. The summed E-state index contributed by atoms with van der Waals surface area (Å²) < 4.78 is 0. The number of hydrogen-bond acceptors (Lipinski definition) is 4. The molecule has 130 valence electrons. The van der Waals surface area contributed by atoms with Crippen LogP contribution in [0, 0.1) is 6.92 Å². The maximum atomic E-state index is 12.7. The van der Waals surface area contributed by atoms with Gasteiger partial charge in [-0.15, -0.1) is 0 Å². The minimum absolute atomic E-state index is 0.117. The predicted molar refractivity (Wildman–Crippen MR) is 105 cm³/mol. The van der Waals surface area contributed by atoms with Crippen molar-refractivity contribution in [1.82, 2.24) is 15.2 Å². The van der Waals surface area contributed by atoms with Gasteiger partial charge in [-0.3, -0.25) is 9.78 Å². The fourth-order valence-corrected chi connectivity index (χ4v) is 3.71. The monoisotopic (exact) mass is 373 g/mol. The van der Waals surface area contributed by atoms with Gasteiger partial charge in [0, 0.05) is 17.0 Å². The van der Waals surface area contributed by atoms with Gasteiger partial charge in [-0.25, -0.2) is 0 Å². The highest BCUT2D eigenvalue weighted by Crippen LogP contribution is 2.22. The van der Waals surface area contributed by atoms with Crippen LogP contribution in [0.1, 0.15) is 27.7 Å². The summed E-state index contributed by atoms with van der Waals surface area (Å²) in [5, 5.41) is 8.70. The summed E-state index contributed by atoms with van der Waals surface area (Å²) in [6.07, 6.45) is 0. The number of nitrogens with zero attached hydrogens (tertiary/aromatic N) is 2. The minimum Gasteiger partial charge on any atom is -0.350 e. The lowest BCUT2D eigenvalue weighted by atomic mass is 10.1. The Morgan fingerprint density at radius 3 is 2.80 bits per heavy atom. The molecule has 1 amide bonds. The van der Waals surface area contributed by atoms with E-state index in [0.717, 1.165) is 10.9 Å². The van der Waals surface area contributed by atoms with Crippen molar-refractivity contribution >= 4 is 39.7 Å². The second kappa shape index (κ2) is 7.52. The van der Waals surface area contributed by atoms with Crippen LogP contribution in [0.3, 0.4) is 0 Å². The van der Waals surface area contributed by atoms with E-state index in [1.54, 1.807) is 17.4 Å². The number of halogens is 1. The number of pyridine rings is 1. The van der Waals surface area contributed by atoms with Crippen LogP contribution in [0.25, 0.3) is 10.9 Å². The molecule has 1 N–H and O–H groups in total. The number of likely N-dealkylation sites (N-methyl/N-ethyl adjacent to an activating group) is 1. The average Bonchev–Trinajstić information content (AvgIpc) is 3.08. The van der Waals surface area contributed by atoms with Crippen LogP contribution in [0.5, 0.6) is 0 Å². The van der Waals surface area contributed by atoms with E-state index in [1.165, 1.54) is 5.56 Å². The Balaban J connectivity index is 1.81. The third-order valence-corrected chi connectivity index (χ3v) is 5.16. The van der Waals surface area contributed by atoms with Crippen molar-refractivity contribution in [3.05, 3.63) is 62.9 Å². The molecule has 25 heavy (non-hydrogen) atoms. The Bertz CT molecular complexity index is 893. The van der Waals surface area contributed by atoms with E-state index in [-0.39, 0.29) is 11.9 Å². The summed E-state index contributed by atoms with van der Waals surface area (Å²) >= 11 is 7.71. The molecule has 1 atom stereocenters. The zero-order valence-corrected chi connectivity index (χ0v) is 16.0. The predicted octanol–water partition coefficient (Wildman–Crippen LogP) is 4.29. The Labute approximate surface area is 156 Å². The Morgan fingerprint density at radius 2 is 2.12 bits per heavy atom. The standard InChI is InChI=1S/C19H20ClN3OS/c1-12-16(9-14-8-15(20)4-5-17(14)22-12)19(24)21-10-18(23(2)3)13-6-7-25-11-13/h4-9,11,18H,10H2,1-3H3,(H,21,24)/t18-/m1/s1. The number of aryl methyl sites for hydroxylation is 1. The lowest BCUT2D eigenvalue weighted by molar-refractivity contribution is 0.0941. The van der Waals surface area contributed by atoms with E-state index in [9.17, 15) is 4.79 Å². The summed E-state index contributed by atoms with van der Waals surface area (Å²) in [7, 11) is 4.03. The molecule has 0 saturated carbocycles. The van der Waals surface area contributed by atoms with Gasteiger partial charge in [0.1, 0.15) is 0 Å². The molecule has 0 bridgehead atoms. The maximum Gasteiger partial charge on any atom is 0.253 e. The van der Waals surface area contributed by atoms with Gasteiger partial charge in [0.15, 0.2) is 0 Å². The molecule has 0 unspecified atom stereocenters. The fourth-order valence-electron chi connectivity index (χ4n) is 2.82. The van der Waals surface area contributed by atoms with E-state index in [4.69, 9.17) is 11.6 Å². The highest BCUT2D eigenvalue weighted by atomic mass is 35.5. The molecule has 4 nitrogen and oxygen atoms in total. The Kier molecular flexibility index (Phi) is 5.37. The Morgan fingerprint density at radius 1 is 1.32 bits per heavy atom. The number of thiophene rings is 1. The van der Waals surface area contributed by atoms with Crippen LogP contribution in [0.4, 0.5) is 0 Å². The van der Waals surface area contributed by atoms with Crippen LogP contribution in [0.2, 0.25) is 5.02 Å². The number of rotatable bonds is 5. The van der Waals surface area contributed by atoms with Crippen molar-refractivity contribution in [2.24, 2.45) is 0 Å². The largest absolute Gasteiger partial charge is 0.350 e. The lowest BCUT2D eigenvalue weighted by Crippen LogP contribution is -2.34. The second-order valence-corrected chi connectivity index (χ2v) is 7.42. The zero-order chi connectivity index (χ0) is 18.0. The fraction of sp³-hybridized carbons (Fsp3) is 0.263. The highest BCUT2D eigenvalue weighted by molar-refractivity contribution is 7.08. The van der Waals surface area contributed by atoms with Crippen molar-refractivity contribution in [3.63, 3.8) is 0 Å². The van der Waals surface area contributed by atoms with Gasteiger partial charge in [-0.05, 0) is 67.7 Å². The average molecular weight is 374 g/mol. The van der Waals surface area contributed by atoms with E-state index in [0.29, 0.717) is 22.8 Å². The summed E-state index contributed by atoms with van der Waals surface area (Å²) in [4.78, 5) is 19.3. The van der Waals surface area contributed by atoms with Gasteiger partial charge in [-0.2, -0.15) is 11.3 Å². The van der Waals surface area contributed by atoms with Gasteiger partial charge in [0.25, 0.3) is 5.91 Å². The minimum atomic E-state index is -0.117. The van der Waals surface area contributed by atoms with Crippen molar-refractivity contribution in [2.45, 2.75) is 13.0 Å². The van der Waals surface area contributed by atoms with E-state index < -0.39 is 0 Å². The molecule has 0 aliphatic rings. The number of benzene rings is 1. The third-order valence-electron chi connectivity index (χ3n) is 4.22. The van der Waals surface area contributed by atoms with Crippen LogP contribution in [-0.2, 0) is 0 Å². The molecule has 0 aliphatic carbocycles. The summed E-state index contributed by atoms with van der Waals surface area (Å²) in [5.41, 5.74) is 3.33. The van der Waals surface area contributed by atoms with Crippen molar-refractivity contribution in [1.29, 1.82) is 0 Å². The summed E-state index contributed by atoms with van der Waals surface area (Å²) in [6.45, 7) is 2.39. The molecule has 6 heteroatoms. The first kappa shape index (κ1) is 17.9. The first-order valence-corrected chi connectivity index (χ1v) is 9.31. The number of nitrogens with one attached hydrogen (secondary N) is 1. The topological polar surface area (TPSA) is 45.2 Å². The smallest absolute Gasteiger partial charge is 0.253 e. The normalized spacial score (nSPS) is 12.5. The van der Waals surface area contributed by atoms with E-state index in [2.05, 4.69) is 32.0 Å². The van der Waals surface area contributed by atoms with Gasteiger partial charge < -0.3 is 10.2 Å². The van der Waals surface area contributed by atoms with Crippen LogP contribution in [-0.4, -0.2) is 36.4 Å². The van der Waals surface area contributed by atoms with Gasteiger partial charge >= 0.3 is 0 Å². The second-order valence-electron chi connectivity index (χ2n) is 6.20. The number of carbonyl (C=O) groups is 1. The highest BCUT2D eigenvalue weighted by Gasteiger charge is 2.18. The molecule has 0 radical (unpaired) electrons. The molecule has 0 saturated heterocycles. The SMILES string of the molecule is Cc1nc2ccc(Cl)cc2cc1C(=O)NC[C@H](c1ccsc1)N(C)C. The van der Waals surface area contributed by atoms with Gasteiger partial charge in [-0.1, -0.05) is 11.6 Å². The van der Waals surface area contributed by atoms with Crippen molar-refractivity contribution < 1.29 is 4.79 Å². The van der Waals surface area contributed by atoms with Crippen LogP contribution >= 0.6 is 22.9 Å². The third kappa shape index (κ3) is 4.00. The zero-order valence-electron chi connectivity index (χ0n) is 14.4. The summed E-state index contributed by atoms with van der Waals surface area (Å²) in [6, 6.07) is 9.58. The molecular weight excluding hydrogens is 354 g/mol. The van der Waals surface area contributed by atoms with E-state index >= 15 is 0 Å². The molecule has 2 aromatic heterocycles. The van der Waals surface area contributed by atoms with Crippen LogP contribution < -0.4 is 5.32 Å².